The molecular formula is C15H16BrN3O2. The highest BCUT2D eigenvalue weighted by molar-refractivity contribution is 9.10. The predicted octanol–water partition coefficient (Wildman–Crippen LogP) is 3.31. The standard InChI is InChI=1S/C15H16BrN3O2/c1-9-4-5-12(7-13(9)17-10(2)20)18-15(21)14-6-11(16)8-19(14)3/h4-8H,1-3H3,(H,17,20)(H,18,21). The highest BCUT2D eigenvalue weighted by atomic mass is 79.9. The molecule has 0 saturated heterocycles. The van der Waals surface area contributed by atoms with Gasteiger partial charge in [-0.25, -0.2) is 0 Å². The number of benzene rings is 1. The quantitative estimate of drug-likeness (QED) is 0.892. The normalized spacial score (nSPS) is 10.3. The summed E-state index contributed by atoms with van der Waals surface area (Å²) in [6, 6.07) is 7.14. The number of carbonyl (C=O) groups excluding carboxylic acids is 2. The van der Waals surface area contributed by atoms with Gasteiger partial charge < -0.3 is 15.2 Å². The second-order valence-electron chi connectivity index (χ2n) is 4.82. The minimum atomic E-state index is -0.208. The monoisotopic (exact) mass is 349 g/mol. The number of hydrogen-bond donors (Lipinski definition) is 2. The van der Waals surface area contributed by atoms with Gasteiger partial charge in [-0.15, -0.1) is 0 Å². The lowest BCUT2D eigenvalue weighted by atomic mass is 10.1. The lowest BCUT2D eigenvalue weighted by Gasteiger charge is -2.10. The van der Waals surface area contributed by atoms with E-state index in [1.807, 2.05) is 19.2 Å². The molecule has 0 spiro atoms. The molecule has 6 heteroatoms. The van der Waals surface area contributed by atoms with Crippen molar-refractivity contribution in [2.24, 2.45) is 7.05 Å². The average Bonchev–Trinajstić information content (AvgIpc) is 2.72. The molecule has 0 atom stereocenters. The third-order valence-corrected chi connectivity index (χ3v) is 3.44. The van der Waals surface area contributed by atoms with Crippen LogP contribution in [0.1, 0.15) is 23.0 Å². The molecule has 0 radical (unpaired) electrons. The maximum Gasteiger partial charge on any atom is 0.272 e. The molecule has 0 aliphatic rings. The first-order chi connectivity index (χ1) is 9.86. The van der Waals surface area contributed by atoms with Crippen LogP contribution in [0.25, 0.3) is 0 Å². The third-order valence-electron chi connectivity index (χ3n) is 3.01. The van der Waals surface area contributed by atoms with Gasteiger partial charge in [-0.3, -0.25) is 9.59 Å². The second-order valence-corrected chi connectivity index (χ2v) is 5.74. The topological polar surface area (TPSA) is 63.1 Å². The number of halogens is 1. The van der Waals surface area contributed by atoms with Crippen LogP contribution < -0.4 is 10.6 Å². The van der Waals surface area contributed by atoms with E-state index < -0.39 is 0 Å². The van der Waals surface area contributed by atoms with Crippen molar-refractivity contribution in [1.82, 2.24) is 4.57 Å². The van der Waals surface area contributed by atoms with Gasteiger partial charge in [0.25, 0.3) is 5.91 Å². The molecule has 2 amide bonds. The van der Waals surface area contributed by atoms with Gasteiger partial charge in [0, 0.05) is 36.0 Å². The number of carbonyl (C=O) groups is 2. The van der Waals surface area contributed by atoms with Gasteiger partial charge in [0.15, 0.2) is 0 Å². The Morgan fingerprint density at radius 1 is 1.19 bits per heavy atom. The first-order valence-corrected chi connectivity index (χ1v) is 7.17. The van der Waals surface area contributed by atoms with Crippen molar-refractivity contribution >= 4 is 39.1 Å². The summed E-state index contributed by atoms with van der Waals surface area (Å²) in [7, 11) is 1.80. The Morgan fingerprint density at radius 3 is 2.48 bits per heavy atom. The number of rotatable bonds is 3. The average molecular weight is 350 g/mol. The van der Waals surface area contributed by atoms with E-state index in [4.69, 9.17) is 0 Å². The molecule has 0 saturated carbocycles. The number of amides is 2. The van der Waals surface area contributed by atoms with E-state index >= 15 is 0 Å². The fourth-order valence-electron chi connectivity index (χ4n) is 1.97. The van der Waals surface area contributed by atoms with E-state index in [0.717, 1.165) is 10.0 Å². The molecular weight excluding hydrogens is 334 g/mol. The molecule has 1 aromatic heterocycles. The lowest BCUT2D eigenvalue weighted by molar-refractivity contribution is -0.114. The van der Waals surface area contributed by atoms with Gasteiger partial charge >= 0.3 is 0 Å². The van der Waals surface area contributed by atoms with Gasteiger partial charge in [0.2, 0.25) is 5.91 Å². The molecule has 1 heterocycles. The maximum absolute atomic E-state index is 12.2. The Kier molecular flexibility index (Phi) is 4.47. The Bertz CT molecular complexity index is 707. The van der Waals surface area contributed by atoms with Crippen LogP contribution in [0.5, 0.6) is 0 Å². The van der Waals surface area contributed by atoms with E-state index in [0.29, 0.717) is 17.1 Å². The summed E-state index contributed by atoms with van der Waals surface area (Å²) in [6.07, 6.45) is 1.81. The SMILES string of the molecule is CC(=O)Nc1cc(NC(=O)c2cc(Br)cn2C)ccc1C. The molecule has 0 unspecified atom stereocenters. The molecule has 21 heavy (non-hydrogen) atoms. The molecule has 0 aliphatic carbocycles. The Morgan fingerprint density at radius 2 is 1.90 bits per heavy atom. The van der Waals surface area contributed by atoms with Crippen LogP contribution in [0.2, 0.25) is 0 Å². The van der Waals surface area contributed by atoms with Crippen molar-refractivity contribution in [3.8, 4) is 0 Å². The zero-order valence-electron chi connectivity index (χ0n) is 12.0. The Hall–Kier alpha value is -2.08. The summed E-state index contributed by atoms with van der Waals surface area (Å²) in [5, 5.41) is 5.56. The smallest absolute Gasteiger partial charge is 0.272 e. The van der Waals surface area contributed by atoms with Crippen LogP contribution in [0.4, 0.5) is 11.4 Å². The van der Waals surface area contributed by atoms with E-state index in [1.54, 1.807) is 29.8 Å². The molecule has 110 valence electrons. The molecule has 1 aromatic carbocycles. The molecule has 0 fully saturated rings. The van der Waals surface area contributed by atoms with E-state index in [9.17, 15) is 9.59 Å². The van der Waals surface area contributed by atoms with Crippen molar-refractivity contribution in [2.75, 3.05) is 10.6 Å². The zero-order chi connectivity index (χ0) is 15.6. The molecule has 2 aromatic rings. The summed E-state index contributed by atoms with van der Waals surface area (Å²) in [5.74, 6) is -0.353. The zero-order valence-corrected chi connectivity index (χ0v) is 13.6. The summed E-state index contributed by atoms with van der Waals surface area (Å²) in [6.45, 7) is 3.34. The number of hydrogen-bond acceptors (Lipinski definition) is 2. The lowest BCUT2D eigenvalue weighted by Crippen LogP contribution is -2.15. The van der Waals surface area contributed by atoms with Crippen molar-refractivity contribution in [1.29, 1.82) is 0 Å². The first-order valence-electron chi connectivity index (χ1n) is 6.38. The van der Waals surface area contributed by atoms with Crippen molar-refractivity contribution < 1.29 is 9.59 Å². The van der Waals surface area contributed by atoms with E-state index in [1.165, 1.54) is 6.92 Å². The molecule has 5 nitrogen and oxygen atoms in total. The van der Waals surface area contributed by atoms with Crippen LogP contribution in [-0.4, -0.2) is 16.4 Å². The number of nitrogens with one attached hydrogen (secondary N) is 2. The van der Waals surface area contributed by atoms with Crippen LogP contribution >= 0.6 is 15.9 Å². The van der Waals surface area contributed by atoms with E-state index in [-0.39, 0.29) is 11.8 Å². The fourth-order valence-corrected chi connectivity index (χ4v) is 2.49. The van der Waals surface area contributed by atoms with Crippen molar-refractivity contribution in [3.63, 3.8) is 0 Å². The summed E-state index contributed by atoms with van der Waals surface area (Å²) < 4.78 is 2.58. The van der Waals surface area contributed by atoms with Gasteiger partial charge in [-0.05, 0) is 46.6 Å². The summed E-state index contributed by atoms with van der Waals surface area (Å²) >= 11 is 3.34. The molecule has 0 bridgehead atoms. The van der Waals surface area contributed by atoms with Crippen molar-refractivity contribution in [2.45, 2.75) is 13.8 Å². The van der Waals surface area contributed by atoms with Gasteiger partial charge in [-0.2, -0.15) is 0 Å². The number of anilines is 2. The van der Waals surface area contributed by atoms with Crippen molar-refractivity contribution in [3.05, 3.63) is 46.2 Å². The number of aromatic nitrogens is 1. The molecule has 2 N–H and O–H groups in total. The van der Waals surface area contributed by atoms with Gasteiger partial charge in [-0.1, -0.05) is 6.07 Å². The molecule has 2 rings (SSSR count). The van der Waals surface area contributed by atoms with E-state index in [2.05, 4.69) is 26.6 Å². The summed E-state index contributed by atoms with van der Waals surface area (Å²) in [4.78, 5) is 23.4. The number of nitrogens with zero attached hydrogens (tertiary/aromatic N) is 1. The van der Waals surface area contributed by atoms with Crippen LogP contribution in [0.3, 0.4) is 0 Å². The minimum absolute atomic E-state index is 0.145. The fraction of sp³-hybridized carbons (Fsp3) is 0.200. The minimum Gasteiger partial charge on any atom is -0.345 e. The predicted molar refractivity (Wildman–Crippen MR) is 86.5 cm³/mol. The maximum atomic E-state index is 12.2. The highest BCUT2D eigenvalue weighted by Gasteiger charge is 2.12. The van der Waals surface area contributed by atoms with Crippen LogP contribution in [0, 0.1) is 6.92 Å². The second kappa shape index (κ2) is 6.13. The van der Waals surface area contributed by atoms with Gasteiger partial charge in [0.05, 0.1) is 0 Å². The van der Waals surface area contributed by atoms with Crippen LogP contribution in [0.15, 0.2) is 34.9 Å². The third kappa shape index (κ3) is 3.72. The highest BCUT2D eigenvalue weighted by Crippen LogP contribution is 2.21. The largest absolute Gasteiger partial charge is 0.345 e. The van der Waals surface area contributed by atoms with Gasteiger partial charge in [0.1, 0.15) is 5.69 Å². The molecule has 0 aliphatic heterocycles. The first kappa shape index (κ1) is 15.3. The summed E-state index contributed by atoms with van der Waals surface area (Å²) in [5.41, 5.74) is 2.80. The Labute approximate surface area is 131 Å². The van der Waals surface area contributed by atoms with Crippen LogP contribution in [-0.2, 0) is 11.8 Å². The Balaban J connectivity index is 2.21. The number of aryl methyl sites for hydroxylation is 2.